The number of alkyl halides is 3. The molecule has 0 radical (unpaired) electrons. The molecule has 1 N–H and O–H groups in total. The van der Waals surface area contributed by atoms with E-state index in [1.165, 1.54) is 25.3 Å². The first kappa shape index (κ1) is 18.4. The lowest BCUT2D eigenvalue weighted by Crippen LogP contribution is -2.52. The van der Waals surface area contributed by atoms with E-state index in [0.717, 1.165) is 0 Å². The number of amides is 2. The summed E-state index contributed by atoms with van der Waals surface area (Å²) in [5.74, 6) is -3.06. The predicted octanol–water partition coefficient (Wildman–Crippen LogP) is 2.62. The van der Waals surface area contributed by atoms with Gasteiger partial charge < -0.3 is 10.1 Å². The highest BCUT2D eigenvalue weighted by Gasteiger charge is 2.49. The Bertz CT molecular complexity index is 897. The SMILES string of the molecule is COc1ccccc1C1C(=O)NC(c2ccccc2)=NN1C(=O)C(F)(F)F. The number of nitrogens with zero attached hydrogens (tertiary/aromatic N) is 2. The molecule has 1 aliphatic heterocycles. The van der Waals surface area contributed by atoms with Gasteiger partial charge in [-0.05, 0) is 6.07 Å². The van der Waals surface area contributed by atoms with Crippen LogP contribution in [0.1, 0.15) is 17.2 Å². The highest BCUT2D eigenvalue weighted by atomic mass is 19.4. The number of hydrazone groups is 1. The summed E-state index contributed by atoms with van der Waals surface area (Å²) in [6, 6.07) is 12.5. The van der Waals surface area contributed by atoms with E-state index >= 15 is 0 Å². The van der Waals surface area contributed by atoms with E-state index in [0.29, 0.717) is 5.56 Å². The van der Waals surface area contributed by atoms with Gasteiger partial charge in [-0.3, -0.25) is 9.59 Å². The second kappa shape index (κ2) is 7.10. The van der Waals surface area contributed by atoms with Crippen molar-refractivity contribution in [2.24, 2.45) is 5.10 Å². The van der Waals surface area contributed by atoms with Gasteiger partial charge in [0, 0.05) is 11.1 Å². The van der Waals surface area contributed by atoms with E-state index in [1.54, 1.807) is 36.4 Å². The maximum atomic E-state index is 13.1. The van der Waals surface area contributed by atoms with E-state index in [1.807, 2.05) is 0 Å². The fourth-order valence-corrected chi connectivity index (χ4v) is 2.67. The second-order valence-corrected chi connectivity index (χ2v) is 5.60. The first-order valence-electron chi connectivity index (χ1n) is 7.81. The predicted molar refractivity (Wildman–Crippen MR) is 89.8 cm³/mol. The Morgan fingerprint density at radius 2 is 1.74 bits per heavy atom. The van der Waals surface area contributed by atoms with Crippen molar-refractivity contribution in [3.8, 4) is 5.75 Å². The van der Waals surface area contributed by atoms with Gasteiger partial charge in [-0.25, -0.2) is 5.01 Å². The minimum Gasteiger partial charge on any atom is -0.496 e. The summed E-state index contributed by atoms with van der Waals surface area (Å²) in [7, 11) is 1.31. The van der Waals surface area contributed by atoms with Crippen LogP contribution in [0.4, 0.5) is 13.2 Å². The van der Waals surface area contributed by atoms with Crippen molar-refractivity contribution in [3.63, 3.8) is 0 Å². The minimum absolute atomic E-state index is 0.0889. The zero-order chi connectivity index (χ0) is 19.6. The molecule has 0 saturated carbocycles. The fourth-order valence-electron chi connectivity index (χ4n) is 2.67. The Morgan fingerprint density at radius 1 is 1.11 bits per heavy atom. The zero-order valence-electron chi connectivity index (χ0n) is 14.0. The van der Waals surface area contributed by atoms with E-state index in [-0.39, 0.29) is 22.2 Å². The van der Waals surface area contributed by atoms with Crippen LogP contribution in [0.25, 0.3) is 0 Å². The van der Waals surface area contributed by atoms with Crippen molar-refractivity contribution in [3.05, 3.63) is 65.7 Å². The summed E-state index contributed by atoms with van der Waals surface area (Å²) in [4.78, 5) is 24.7. The molecule has 0 aromatic heterocycles. The number of halogens is 3. The van der Waals surface area contributed by atoms with Gasteiger partial charge in [0.1, 0.15) is 5.75 Å². The second-order valence-electron chi connectivity index (χ2n) is 5.60. The van der Waals surface area contributed by atoms with Crippen LogP contribution in [0, 0.1) is 0 Å². The Morgan fingerprint density at radius 3 is 2.37 bits per heavy atom. The highest BCUT2D eigenvalue weighted by Crippen LogP contribution is 2.34. The summed E-state index contributed by atoms with van der Waals surface area (Å²) >= 11 is 0. The average Bonchev–Trinajstić information content (AvgIpc) is 2.66. The van der Waals surface area contributed by atoms with Crippen LogP contribution >= 0.6 is 0 Å². The van der Waals surface area contributed by atoms with Crippen molar-refractivity contribution in [2.75, 3.05) is 7.11 Å². The molecule has 2 amide bonds. The van der Waals surface area contributed by atoms with Gasteiger partial charge in [-0.1, -0.05) is 48.5 Å². The van der Waals surface area contributed by atoms with Crippen LogP contribution < -0.4 is 10.1 Å². The molecule has 140 valence electrons. The molecule has 3 rings (SSSR count). The van der Waals surface area contributed by atoms with Crippen molar-refractivity contribution in [1.29, 1.82) is 0 Å². The first-order chi connectivity index (χ1) is 12.8. The van der Waals surface area contributed by atoms with Gasteiger partial charge in [0.25, 0.3) is 5.91 Å². The molecule has 2 aromatic carbocycles. The third-order valence-corrected chi connectivity index (χ3v) is 3.87. The van der Waals surface area contributed by atoms with Crippen molar-refractivity contribution < 1.29 is 27.5 Å². The van der Waals surface area contributed by atoms with Gasteiger partial charge in [-0.15, -0.1) is 0 Å². The Balaban J connectivity index is 2.14. The molecule has 1 unspecified atom stereocenters. The summed E-state index contributed by atoms with van der Waals surface area (Å²) in [5, 5.41) is 6.41. The van der Waals surface area contributed by atoms with Crippen LogP contribution in [0.5, 0.6) is 5.75 Å². The molecular weight excluding hydrogens is 363 g/mol. The largest absolute Gasteiger partial charge is 0.496 e. The third kappa shape index (κ3) is 3.62. The van der Waals surface area contributed by atoms with E-state index in [9.17, 15) is 22.8 Å². The molecule has 1 heterocycles. The molecule has 0 bridgehead atoms. The van der Waals surface area contributed by atoms with Gasteiger partial charge in [0.2, 0.25) is 0 Å². The Hall–Kier alpha value is -3.36. The lowest BCUT2D eigenvalue weighted by atomic mass is 10.0. The molecule has 1 atom stereocenters. The third-order valence-electron chi connectivity index (χ3n) is 3.87. The summed E-state index contributed by atoms with van der Waals surface area (Å²) in [6.45, 7) is 0. The number of methoxy groups -OCH3 is 1. The van der Waals surface area contributed by atoms with E-state index in [2.05, 4.69) is 10.4 Å². The molecule has 2 aromatic rings. The van der Waals surface area contributed by atoms with Crippen LogP contribution in [0.3, 0.4) is 0 Å². The number of carbonyl (C=O) groups is 2. The number of benzene rings is 2. The van der Waals surface area contributed by atoms with E-state index in [4.69, 9.17) is 4.74 Å². The van der Waals surface area contributed by atoms with Gasteiger partial charge in [0.05, 0.1) is 7.11 Å². The first-order valence-corrected chi connectivity index (χ1v) is 7.81. The van der Waals surface area contributed by atoms with Gasteiger partial charge in [-0.2, -0.15) is 18.3 Å². The molecule has 27 heavy (non-hydrogen) atoms. The van der Waals surface area contributed by atoms with Gasteiger partial charge in [0.15, 0.2) is 11.9 Å². The topological polar surface area (TPSA) is 71.0 Å². The smallest absolute Gasteiger partial charge is 0.473 e. The summed E-state index contributed by atoms with van der Waals surface area (Å²) in [6.07, 6.45) is -5.21. The Kier molecular flexibility index (Phi) is 4.85. The molecular formula is C18H14F3N3O3. The zero-order valence-corrected chi connectivity index (χ0v) is 14.0. The number of para-hydroxylation sites is 1. The molecule has 6 nitrogen and oxygen atoms in total. The molecule has 0 fully saturated rings. The monoisotopic (exact) mass is 377 g/mol. The number of rotatable bonds is 3. The summed E-state index contributed by atoms with van der Waals surface area (Å²) < 4.78 is 44.5. The van der Waals surface area contributed by atoms with Gasteiger partial charge >= 0.3 is 12.1 Å². The van der Waals surface area contributed by atoms with Crippen LogP contribution in [0.2, 0.25) is 0 Å². The Labute approximate surface area is 152 Å². The lowest BCUT2D eigenvalue weighted by molar-refractivity contribution is -0.189. The average molecular weight is 377 g/mol. The molecule has 0 saturated heterocycles. The maximum Gasteiger partial charge on any atom is 0.473 e. The highest BCUT2D eigenvalue weighted by molar-refractivity contribution is 6.12. The van der Waals surface area contributed by atoms with E-state index < -0.39 is 24.0 Å². The molecule has 0 spiro atoms. The van der Waals surface area contributed by atoms with Crippen LogP contribution in [-0.2, 0) is 9.59 Å². The van der Waals surface area contributed by atoms with Crippen molar-refractivity contribution in [1.82, 2.24) is 10.3 Å². The number of amidine groups is 1. The quantitative estimate of drug-likeness (QED) is 0.894. The van der Waals surface area contributed by atoms with Crippen LogP contribution in [-0.4, -0.2) is 35.9 Å². The molecule has 0 aliphatic carbocycles. The molecule has 9 heteroatoms. The standard InChI is InChI=1S/C18H14F3N3O3/c1-27-13-10-6-5-9-12(13)14-16(25)22-15(11-7-3-2-4-8-11)23-24(14)17(26)18(19,20)21/h2-10,14H,1H3,(H,22,23,25). The van der Waals surface area contributed by atoms with Crippen LogP contribution in [0.15, 0.2) is 59.7 Å². The number of hydrogen-bond donors (Lipinski definition) is 1. The number of carbonyl (C=O) groups excluding carboxylic acids is 2. The lowest BCUT2D eigenvalue weighted by Gasteiger charge is -2.32. The summed E-state index contributed by atoms with van der Waals surface area (Å²) in [5.41, 5.74) is 0.454. The fraction of sp³-hybridized carbons (Fsp3) is 0.167. The van der Waals surface area contributed by atoms with Crippen molar-refractivity contribution >= 4 is 17.6 Å². The number of nitrogens with one attached hydrogen (secondary N) is 1. The number of hydrogen-bond acceptors (Lipinski definition) is 4. The minimum atomic E-state index is -5.21. The number of ether oxygens (including phenoxy) is 1. The van der Waals surface area contributed by atoms with Crippen molar-refractivity contribution in [2.45, 2.75) is 12.2 Å². The molecule has 1 aliphatic rings. The normalized spacial score (nSPS) is 17.2. The maximum absolute atomic E-state index is 13.1.